The molecule has 1 amide bonds. The SMILES string of the molecule is Cc1ccc(C(C)C)cc1OCC(=O)NC(C)c1ccc2c(c1)OCO2. The molecule has 0 aromatic heterocycles. The maximum absolute atomic E-state index is 12.3. The second-order valence-electron chi connectivity index (χ2n) is 6.87. The summed E-state index contributed by atoms with van der Waals surface area (Å²) in [6.07, 6.45) is 0. The fourth-order valence-corrected chi connectivity index (χ4v) is 2.82. The highest BCUT2D eigenvalue weighted by atomic mass is 16.7. The van der Waals surface area contributed by atoms with Crippen LogP contribution in [0.15, 0.2) is 36.4 Å². The van der Waals surface area contributed by atoms with Gasteiger partial charge in [0, 0.05) is 0 Å². The molecule has 3 rings (SSSR count). The van der Waals surface area contributed by atoms with Crippen LogP contribution in [0.25, 0.3) is 0 Å². The molecular weight excluding hydrogens is 330 g/mol. The van der Waals surface area contributed by atoms with E-state index in [1.165, 1.54) is 5.56 Å². The molecule has 1 heterocycles. The Kier molecular flexibility index (Phi) is 5.35. The predicted molar refractivity (Wildman–Crippen MR) is 99.9 cm³/mol. The Balaban J connectivity index is 1.58. The van der Waals surface area contributed by atoms with E-state index in [1.807, 2.05) is 44.2 Å². The van der Waals surface area contributed by atoms with Crippen molar-refractivity contribution >= 4 is 5.91 Å². The summed E-state index contributed by atoms with van der Waals surface area (Å²) in [7, 11) is 0. The monoisotopic (exact) mass is 355 g/mol. The molecule has 26 heavy (non-hydrogen) atoms. The van der Waals surface area contributed by atoms with Gasteiger partial charge in [-0.05, 0) is 54.7 Å². The Bertz CT molecular complexity index is 801. The van der Waals surface area contributed by atoms with Crippen LogP contribution >= 0.6 is 0 Å². The van der Waals surface area contributed by atoms with Crippen LogP contribution in [0.4, 0.5) is 0 Å². The van der Waals surface area contributed by atoms with Gasteiger partial charge in [-0.25, -0.2) is 0 Å². The second-order valence-corrected chi connectivity index (χ2v) is 6.87. The Labute approximate surface area is 154 Å². The minimum Gasteiger partial charge on any atom is -0.483 e. The van der Waals surface area contributed by atoms with Crippen molar-refractivity contribution in [1.82, 2.24) is 5.32 Å². The minimum atomic E-state index is -0.162. The van der Waals surface area contributed by atoms with Gasteiger partial charge in [-0.1, -0.05) is 32.0 Å². The molecule has 1 atom stereocenters. The van der Waals surface area contributed by atoms with Crippen LogP contribution in [0.1, 0.15) is 49.4 Å². The van der Waals surface area contributed by atoms with Gasteiger partial charge in [-0.3, -0.25) is 4.79 Å². The number of aryl methyl sites for hydroxylation is 1. The molecule has 5 nitrogen and oxygen atoms in total. The molecule has 5 heteroatoms. The number of hydrogen-bond donors (Lipinski definition) is 1. The molecule has 2 aromatic carbocycles. The molecule has 1 unspecified atom stereocenters. The van der Waals surface area contributed by atoms with E-state index in [2.05, 4.69) is 25.2 Å². The van der Waals surface area contributed by atoms with Gasteiger partial charge in [0.1, 0.15) is 5.75 Å². The molecule has 138 valence electrons. The predicted octanol–water partition coefficient (Wildman–Crippen LogP) is 4.10. The van der Waals surface area contributed by atoms with E-state index in [9.17, 15) is 4.79 Å². The summed E-state index contributed by atoms with van der Waals surface area (Å²) in [6, 6.07) is 11.7. The lowest BCUT2D eigenvalue weighted by molar-refractivity contribution is -0.123. The average Bonchev–Trinajstić information content (AvgIpc) is 3.08. The number of carbonyl (C=O) groups is 1. The van der Waals surface area contributed by atoms with Gasteiger partial charge >= 0.3 is 0 Å². The van der Waals surface area contributed by atoms with Gasteiger partial charge in [0.05, 0.1) is 6.04 Å². The summed E-state index contributed by atoms with van der Waals surface area (Å²) in [5, 5.41) is 2.95. The Morgan fingerprint density at radius 2 is 1.81 bits per heavy atom. The molecule has 0 saturated heterocycles. The van der Waals surface area contributed by atoms with Crippen molar-refractivity contribution in [3.05, 3.63) is 53.1 Å². The number of nitrogens with one attached hydrogen (secondary N) is 1. The van der Waals surface area contributed by atoms with Crippen molar-refractivity contribution in [2.75, 3.05) is 13.4 Å². The zero-order chi connectivity index (χ0) is 18.7. The molecule has 1 aliphatic heterocycles. The average molecular weight is 355 g/mol. The largest absolute Gasteiger partial charge is 0.483 e. The quantitative estimate of drug-likeness (QED) is 0.847. The fraction of sp³-hybridized carbons (Fsp3) is 0.381. The molecule has 0 spiro atoms. The molecule has 0 radical (unpaired) electrons. The van der Waals surface area contributed by atoms with Crippen LogP contribution in [-0.2, 0) is 4.79 Å². The topological polar surface area (TPSA) is 56.8 Å². The molecule has 2 aromatic rings. The lowest BCUT2D eigenvalue weighted by Crippen LogP contribution is -2.31. The van der Waals surface area contributed by atoms with Gasteiger partial charge in [0.15, 0.2) is 18.1 Å². The highest BCUT2D eigenvalue weighted by molar-refractivity contribution is 5.78. The first-order chi connectivity index (χ1) is 12.4. The van der Waals surface area contributed by atoms with E-state index in [-0.39, 0.29) is 25.3 Å². The number of hydrogen-bond acceptors (Lipinski definition) is 4. The first kappa shape index (κ1) is 18.1. The highest BCUT2D eigenvalue weighted by Crippen LogP contribution is 2.34. The lowest BCUT2D eigenvalue weighted by Gasteiger charge is -2.16. The summed E-state index contributed by atoms with van der Waals surface area (Å²) in [5.74, 6) is 2.45. The first-order valence-corrected chi connectivity index (χ1v) is 8.86. The van der Waals surface area contributed by atoms with Gasteiger partial charge in [-0.15, -0.1) is 0 Å². The summed E-state index contributed by atoms with van der Waals surface area (Å²) < 4.78 is 16.4. The number of carbonyl (C=O) groups excluding carboxylic acids is 1. The van der Waals surface area contributed by atoms with Gasteiger partial charge in [-0.2, -0.15) is 0 Å². The number of rotatable bonds is 6. The third kappa shape index (κ3) is 4.10. The van der Waals surface area contributed by atoms with Crippen LogP contribution < -0.4 is 19.5 Å². The van der Waals surface area contributed by atoms with Crippen molar-refractivity contribution in [3.8, 4) is 17.2 Å². The van der Waals surface area contributed by atoms with Gasteiger partial charge < -0.3 is 19.5 Å². The van der Waals surface area contributed by atoms with E-state index in [0.29, 0.717) is 11.7 Å². The Hall–Kier alpha value is -2.69. The van der Waals surface area contributed by atoms with Crippen LogP contribution in [0, 0.1) is 6.92 Å². The molecule has 1 N–H and O–H groups in total. The van der Waals surface area contributed by atoms with Gasteiger partial charge in [0.2, 0.25) is 6.79 Å². The van der Waals surface area contributed by atoms with Crippen LogP contribution in [0.5, 0.6) is 17.2 Å². The molecule has 0 fully saturated rings. The third-order valence-electron chi connectivity index (χ3n) is 4.51. The summed E-state index contributed by atoms with van der Waals surface area (Å²) in [6.45, 7) is 8.40. The fourth-order valence-electron chi connectivity index (χ4n) is 2.82. The van der Waals surface area contributed by atoms with Crippen molar-refractivity contribution < 1.29 is 19.0 Å². The zero-order valence-corrected chi connectivity index (χ0v) is 15.7. The molecule has 0 saturated carbocycles. The van der Waals surface area contributed by atoms with E-state index >= 15 is 0 Å². The summed E-state index contributed by atoms with van der Waals surface area (Å²) in [4.78, 5) is 12.3. The van der Waals surface area contributed by atoms with Crippen molar-refractivity contribution in [2.45, 2.75) is 39.7 Å². The van der Waals surface area contributed by atoms with Crippen LogP contribution in [0.3, 0.4) is 0 Å². The zero-order valence-electron chi connectivity index (χ0n) is 15.7. The van der Waals surface area contributed by atoms with Crippen molar-refractivity contribution in [3.63, 3.8) is 0 Å². The minimum absolute atomic E-state index is 0.0166. The van der Waals surface area contributed by atoms with E-state index in [4.69, 9.17) is 14.2 Å². The maximum atomic E-state index is 12.3. The van der Waals surface area contributed by atoms with E-state index in [1.54, 1.807) is 0 Å². The molecule has 1 aliphatic rings. The number of fused-ring (bicyclic) bond motifs is 1. The molecular formula is C21H25NO4. The summed E-state index contributed by atoms with van der Waals surface area (Å²) in [5.41, 5.74) is 3.17. The van der Waals surface area contributed by atoms with Crippen LogP contribution in [0.2, 0.25) is 0 Å². The van der Waals surface area contributed by atoms with Gasteiger partial charge in [0.25, 0.3) is 5.91 Å². The number of ether oxygens (including phenoxy) is 3. The highest BCUT2D eigenvalue weighted by Gasteiger charge is 2.17. The smallest absolute Gasteiger partial charge is 0.258 e. The van der Waals surface area contributed by atoms with E-state index < -0.39 is 0 Å². The lowest BCUT2D eigenvalue weighted by atomic mass is 10.0. The molecule has 0 bridgehead atoms. The summed E-state index contributed by atoms with van der Waals surface area (Å²) >= 11 is 0. The number of benzene rings is 2. The Morgan fingerprint density at radius 1 is 1.08 bits per heavy atom. The number of amides is 1. The normalized spacial score (nSPS) is 13.6. The van der Waals surface area contributed by atoms with E-state index in [0.717, 1.165) is 22.6 Å². The van der Waals surface area contributed by atoms with Crippen molar-refractivity contribution in [2.24, 2.45) is 0 Å². The van der Waals surface area contributed by atoms with Crippen molar-refractivity contribution in [1.29, 1.82) is 0 Å². The van der Waals surface area contributed by atoms with Crippen LogP contribution in [-0.4, -0.2) is 19.3 Å². The second kappa shape index (κ2) is 7.68. The molecule has 0 aliphatic carbocycles. The third-order valence-corrected chi connectivity index (χ3v) is 4.51. The Morgan fingerprint density at radius 3 is 2.58 bits per heavy atom. The standard InChI is InChI=1S/C21H25NO4/c1-13(2)16-6-5-14(3)19(9-16)24-11-21(23)22-15(4)17-7-8-18-20(10-17)26-12-25-18/h5-10,13,15H,11-12H2,1-4H3,(H,22,23). The first-order valence-electron chi connectivity index (χ1n) is 8.86. The maximum Gasteiger partial charge on any atom is 0.258 e.